The summed E-state index contributed by atoms with van der Waals surface area (Å²) >= 11 is 0. The lowest BCUT2D eigenvalue weighted by Gasteiger charge is -1.98. The van der Waals surface area contributed by atoms with Gasteiger partial charge in [0.25, 0.3) is 0 Å². The van der Waals surface area contributed by atoms with E-state index in [1.165, 1.54) is 0 Å². The van der Waals surface area contributed by atoms with Crippen LogP contribution >= 0.6 is 0 Å². The molecule has 13 heavy (non-hydrogen) atoms. The molecule has 0 unspecified atom stereocenters. The highest BCUT2D eigenvalue weighted by molar-refractivity contribution is 5.80. The molecule has 0 spiro atoms. The zero-order chi connectivity index (χ0) is 9.59. The van der Waals surface area contributed by atoms with Crippen molar-refractivity contribution in [3.63, 3.8) is 0 Å². The fraction of sp³-hybridized carbons (Fsp3) is 0. The Hall–Kier alpha value is -1.52. The average Bonchev–Trinajstić information content (AvgIpc) is 2.59. The first-order valence-electron chi connectivity index (χ1n) is 3.33. The van der Waals surface area contributed by atoms with Crippen LogP contribution in [0.2, 0.25) is 0 Å². The van der Waals surface area contributed by atoms with E-state index in [0.717, 1.165) is 6.20 Å². The lowest BCUT2D eigenvalue weighted by molar-refractivity contribution is 0.417. The molecule has 0 bridgehead atoms. The normalized spacial score (nSPS) is 11.1. The van der Waals surface area contributed by atoms with Gasteiger partial charge in [0.1, 0.15) is 0 Å². The maximum atomic E-state index is 12.8. The molecule has 2 rings (SSSR count). The van der Waals surface area contributed by atoms with Gasteiger partial charge in [-0.15, -0.1) is 0 Å². The second-order valence-electron chi connectivity index (χ2n) is 2.44. The molecule has 0 amide bonds. The number of halogens is 4. The van der Waals surface area contributed by atoms with Crippen LogP contribution in [0.1, 0.15) is 0 Å². The van der Waals surface area contributed by atoms with Gasteiger partial charge in [-0.1, -0.05) is 0 Å². The van der Waals surface area contributed by atoms with Gasteiger partial charge >= 0.3 is 0 Å². The second-order valence-corrected chi connectivity index (χ2v) is 2.44. The number of aromatic nitrogens is 1. The minimum atomic E-state index is -1.82. The fourth-order valence-electron chi connectivity index (χ4n) is 1.08. The van der Waals surface area contributed by atoms with Crippen LogP contribution in [0.5, 0.6) is 0 Å². The molecular weight excluding hydrogens is 186 g/mol. The van der Waals surface area contributed by atoms with Crippen LogP contribution in [0.25, 0.3) is 10.9 Å². The molecule has 0 fully saturated rings. The van der Waals surface area contributed by atoms with Gasteiger partial charge < -0.3 is 4.98 Å². The highest BCUT2D eigenvalue weighted by Crippen LogP contribution is 2.24. The molecule has 1 aromatic heterocycles. The third kappa shape index (κ3) is 0.929. The van der Waals surface area contributed by atoms with Gasteiger partial charge in [-0.25, -0.2) is 17.6 Å². The van der Waals surface area contributed by atoms with Crippen molar-refractivity contribution in [3.05, 3.63) is 35.5 Å². The summed E-state index contributed by atoms with van der Waals surface area (Å²) in [7, 11) is 0. The lowest BCUT2D eigenvalue weighted by Crippen LogP contribution is -1.96. The molecule has 1 radical (unpaired) electrons. The van der Waals surface area contributed by atoms with Crippen LogP contribution in [-0.4, -0.2) is 4.98 Å². The van der Waals surface area contributed by atoms with Gasteiger partial charge in [0, 0.05) is 17.6 Å². The Kier molecular flexibility index (Phi) is 1.55. The number of benzene rings is 1. The summed E-state index contributed by atoms with van der Waals surface area (Å²) in [6.45, 7) is 0. The number of hydrogen-bond acceptors (Lipinski definition) is 0. The summed E-state index contributed by atoms with van der Waals surface area (Å²) in [6, 6.07) is 2.22. The Morgan fingerprint density at radius 3 is 2.23 bits per heavy atom. The number of nitrogens with one attached hydrogen (secondary N) is 1. The highest BCUT2D eigenvalue weighted by atomic mass is 19.2. The van der Waals surface area contributed by atoms with Gasteiger partial charge in [-0.05, 0) is 0 Å². The first-order valence-corrected chi connectivity index (χ1v) is 3.33. The smallest absolute Gasteiger partial charge is 0.199 e. The molecule has 1 N–H and O–H groups in total. The summed E-state index contributed by atoms with van der Waals surface area (Å²) in [5.41, 5.74) is -0.420. The van der Waals surface area contributed by atoms with E-state index in [0.29, 0.717) is 0 Å². The van der Waals surface area contributed by atoms with Crippen molar-refractivity contribution in [2.45, 2.75) is 0 Å². The van der Waals surface area contributed by atoms with Crippen LogP contribution in [0, 0.1) is 29.3 Å². The zero-order valence-corrected chi connectivity index (χ0v) is 6.09. The molecule has 2 aromatic rings. The SMILES string of the molecule is Fc1c(F)c(F)c2[nH]c[c]c2c1F. The number of H-pyrrole nitrogens is 1. The van der Waals surface area contributed by atoms with Crippen molar-refractivity contribution in [1.29, 1.82) is 0 Å². The Morgan fingerprint density at radius 2 is 1.54 bits per heavy atom. The molecule has 0 aliphatic heterocycles. The average molecular weight is 188 g/mol. The van der Waals surface area contributed by atoms with E-state index < -0.39 is 34.2 Å². The maximum Gasteiger partial charge on any atom is 0.199 e. The summed E-state index contributed by atoms with van der Waals surface area (Å²) in [4.78, 5) is 2.22. The Balaban J connectivity index is 3.02. The number of rotatable bonds is 0. The van der Waals surface area contributed by atoms with Gasteiger partial charge in [-0.3, -0.25) is 0 Å². The molecule has 0 aliphatic rings. The lowest BCUT2D eigenvalue weighted by atomic mass is 10.2. The van der Waals surface area contributed by atoms with Crippen LogP contribution < -0.4 is 0 Å². The minimum absolute atomic E-state index is 0.420. The predicted octanol–water partition coefficient (Wildman–Crippen LogP) is 2.52. The molecule has 0 atom stereocenters. The molecule has 1 nitrogen and oxygen atoms in total. The van der Waals surface area contributed by atoms with Gasteiger partial charge in [0.05, 0.1) is 5.52 Å². The Labute approximate surface area is 70.0 Å². The standard InChI is InChI=1S/C8H2F4N/c9-4-3-1-2-13-8(3)7(12)6(11)5(4)10/h2,13H. The monoisotopic (exact) mass is 188 g/mol. The van der Waals surface area contributed by atoms with Crippen molar-refractivity contribution in [2.75, 3.05) is 0 Å². The van der Waals surface area contributed by atoms with Crippen molar-refractivity contribution in [3.8, 4) is 0 Å². The summed E-state index contributed by atoms with van der Waals surface area (Å²) in [6.07, 6.45) is 1.08. The number of fused-ring (bicyclic) bond motifs is 1. The van der Waals surface area contributed by atoms with Crippen LogP contribution in [0.15, 0.2) is 6.20 Å². The third-order valence-corrected chi connectivity index (χ3v) is 1.70. The molecule has 5 heteroatoms. The van der Waals surface area contributed by atoms with Gasteiger partial charge in [0.15, 0.2) is 23.3 Å². The fourth-order valence-corrected chi connectivity index (χ4v) is 1.08. The second kappa shape index (κ2) is 2.48. The molecule has 67 valence electrons. The van der Waals surface area contributed by atoms with Crippen molar-refractivity contribution in [1.82, 2.24) is 4.98 Å². The van der Waals surface area contributed by atoms with E-state index in [2.05, 4.69) is 11.1 Å². The predicted molar refractivity (Wildman–Crippen MR) is 37.0 cm³/mol. The van der Waals surface area contributed by atoms with Crippen molar-refractivity contribution >= 4 is 10.9 Å². The summed E-state index contributed by atoms with van der Waals surface area (Å²) in [5.74, 6) is -6.51. The molecule has 1 aromatic carbocycles. The quantitative estimate of drug-likeness (QED) is 0.371. The van der Waals surface area contributed by atoms with Crippen molar-refractivity contribution in [2.24, 2.45) is 0 Å². The van der Waals surface area contributed by atoms with E-state index in [-0.39, 0.29) is 0 Å². The first-order chi connectivity index (χ1) is 6.13. The number of aromatic amines is 1. The molecule has 0 saturated heterocycles. The molecule has 0 saturated carbocycles. The van der Waals surface area contributed by atoms with E-state index in [1.807, 2.05) is 0 Å². The van der Waals surface area contributed by atoms with Crippen LogP contribution in [-0.2, 0) is 0 Å². The molecular formula is C8H2F4N. The van der Waals surface area contributed by atoms with E-state index >= 15 is 0 Å². The Bertz CT molecular complexity index is 432. The van der Waals surface area contributed by atoms with E-state index in [4.69, 9.17) is 0 Å². The van der Waals surface area contributed by atoms with Crippen LogP contribution in [0.4, 0.5) is 17.6 Å². The summed E-state index contributed by atoms with van der Waals surface area (Å²) in [5, 5.41) is -0.420. The third-order valence-electron chi connectivity index (χ3n) is 1.70. The van der Waals surface area contributed by atoms with Crippen molar-refractivity contribution < 1.29 is 17.6 Å². The van der Waals surface area contributed by atoms with E-state index in [9.17, 15) is 17.6 Å². The minimum Gasteiger partial charge on any atom is -0.358 e. The summed E-state index contributed by atoms with van der Waals surface area (Å²) < 4.78 is 50.8. The van der Waals surface area contributed by atoms with Crippen LogP contribution in [0.3, 0.4) is 0 Å². The van der Waals surface area contributed by atoms with Gasteiger partial charge in [0.2, 0.25) is 0 Å². The highest BCUT2D eigenvalue weighted by Gasteiger charge is 2.20. The molecule has 1 heterocycles. The first kappa shape index (κ1) is 8.10. The Morgan fingerprint density at radius 1 is 0.923 bits per heavy atom. The van der Waals surface area contributed by atoms with E-state index in [1.54, 1.807) is 0 Å². The maximum absolute atomic E-state index is 12.8. The topological polar surface area (TPSA) is 15.8 Å². The molecule has 0 aliphatic carbocycles. The van der Waals surface area contributed by atoms with Gasteiger partial charge in [-0.2, -0.15) is 0 Å². The number of hydrogen-bond donors (Lipinski definition) is 1. The zero-order valence-electron chi connectivity index (χ0n) is 6.09. The largest absolute Gasteiger partial charge is 0.358 e.